The summed E-state index contributed by atoms with van der Waals surface area (Å²) in [5, 5.41) is 7.23. The van der Waals surface area contributed by atoms with Gasteiger partial charge >= 0.3 is 0 Å². The zero-order valence-electron chi connectivity index (χ0n) is 18.4. The Morgan fingerprint density at radius 1 is 1.50 bits per heavy atom. The Kier molecular flexibility index (Phi) is 3.78. The van der Waals surface area contributed by atoms with Gasteiger partial charge in [0.25, 0.3) is 0 Å². The molecule has 0 aliphatic carbocycles. The molecule has 0 saturated carbocycles. The van der Waals surface area contributed by atoms with Gasteiger partial charge in [0, 0.05) is 54.8 Å². The number of carbonyl (C=O) groups excluding carboxylic acids is 1. The molecule has 28 heavy (non-hydrogen) atoms. The molecule has 2 aliphatic rings. The number of anilines is 3. The van der Waals surface area contributed by atoms with Gasteiger partial charge in [-0.2, -0.15) is 10.1 Å². The van der Waals surface area contributed by atoms with Crippen LogP contribution in [0.5, 0.6) is 0 Å². The molecular weight excluding hydrogens is 378 g/mol. The average molecular weight is 403 g/mol. The van der Waals surface area contributed by atoms with E-state index in [4.69, 9.17) is 22.1 Å². The first-order valence-corrected chi connectivity index (χ1v) is 9.28. The van der Waals surface area contributed by atoms with Crippen molar-refractivity contribution >= 4 is 35.0 Å². The van der Waals surface area contributed by atoms with Gasteiger partial charge in [0.2, 0.25) is 11.9 Å². The van der Waals surface area contributed by atoms with Crippen LogP contribution >= 0.6 is 11.6 Å². The minimum Gasteiger partial charge on any atom is -0.354 e. The topological polar surface area (TPSA) is 79.2 Å². The van der Waals surface area contributed by atoms with Crippen LogP contribution < -0.4 is 10.2 Å². The molecule has 2 saturated heterocycles. The number of carbonyl (C=O) groups is 1. The number of terminal acetylenes is 1. The molecule has 4 rings (SSSR count). The standard InChI is InChI=1S/C19H22ClN7O/c1-4-5-16(28)26-8-13-9-27(12-19(13,2)11-26)17-15(20)7-21-18(24-17)23-14-6-22-25(3)10-14/h1,6-7,10,13H,5,8-9,11-12H2,2-3H3,(H,21,23,24)/t13-,19+/m0/s1/i3D3. The molecule has 8 nitrogen and oxygen atoms in total. The summed E-state index contributed by atoms with van der Waals surface area (Å²) in [7, 11) is 0. The molecule has 0 bridgehead atoms. The van der Waals surface area contributed by atoms with E-state index >= 15 is 0 Å². The molecule has 0 radical (unpaired) electrons. The first kappa shape index (κ1) is 15.2. The highest BCUT2D eigenvalue weighted by Gasteiger charge is 2.50. The van der Waals surface area contributed by atoms with Gasteiger partial charge < -0.3 is 15.1 Å². The van der Waals surface area contributed by atoms with E-state index in [9.17, 15) is 4.79 Å². The lowest BCUT2D eigenvalue weighted by molar-refractivity contribution is -0.129. The first-order chi connectivity index (χ1) is 14.6. The summed E-state index contributed by atoms with van der Waals surface area (Å²) in [4.78, 5) is 24.9. The molecule has 4 heterocycles. The van der Waals surface area contributed by atoms with Gasteiger partial charge in [-0.05, 0) is 0 Å². The summed E-state index contributed by atoms with van der Waals surface area (Å²) in [6.45, 7) is 2.53. The number of aromatic nitrogens is 4. The third-order valence-electron chi connectivity index (χ3n) is 5.44. The van der Waals surface area contributed by atoms with Crippen LogP contribution in [0.1, 0.15) is 17.5 Å². The molecule has 0 aromatic carbocycles. The van der Waals surface area contributed by atoms with Crippen LogP contribution in [0.15, 0.2) is 18.6 Å². The van der Waals surface area contributed by atoms with Crippen molar-refractivity contribution < 1.29 is 8.91 Å². The lowest BCUT2D eigenvalue weighted by Crippen LogP contribution is -2.35. The summed E-state index contributed by atoms with van der Waals surface area (Å²) < 4.78 is 23.1. The minimum atomic E-state index is -2.36. The van der Waals surface area contributed by atoms with E-state index in [1.807, 2.05) is 4.90 Å². The number of aryl methyl sites for hydroxylation is 1. The first-order valence-electron chi connectivity index (χ1n) is 10.4. The zero-order valence-corrected chi connectivity index (χ0v) is 16.1. The summed E-state index contributed by atoms with van der Waals surface area (Å²) in [6.07, 6.45) is 9.68. The number of fused-ring (bicyclic) bond motifs is 1. The van der Waals surface area contributed by atoms with Crippen LogP contribution in [-0.4, -0.2) is 56.7 Å². The number of nitrogens with zero attached hydrogens (tertiary/aromatic N) is 6. The van der Waals surface area contributed by atoms with Gasteiger partial charge in [-0.3, -0.25) is 9.48 Å². The fourth-order valence-electron chi connectivity index (χ4n) is 4.05. The van der Waals surface area contributed by atoms with E-state index in [1.54, 1.807) is 0 Å². The van der Waals surface area contributed by atoms with Crippen molar-refractivity contribution in [1.82, 2.24) is 24.6 Å². The van der Waals surface area contributed by atoms with Crippen molar-refractivity contribution in [3.63, 3.8) is 0 Å². The summed E-state index contributed by atoms with van der Waals surface area (Å²) in [5.41, 5.74) is 0.379. The average Bonchev–Trinajstić information content (AvgIpc) is 3.35. The van der Waals surface area contributed by atoms with Gasteiger partial charge in [-0.25, -0.2) is 4.98 Å². The Balaban J connectivity index is 1.48. The largest absolute Gasteiger partial charge is 0.354 e. The number of halogens is 1. The number of likely N-dealkylation sites (tertiary alicyclic amines) is 1. The molecular formula is C19H22ClN7O. The van der Waals surface area contributed by atoms with Gasteiger partial charge in [-0.15, -0.1) is 6.42 Å². The lowest BCUT2D eigenvalue weighted by atomic mass is 9.83. The van der Waals surface area contributed by atoms with E-state index in [2.05, 4.69) is 38.1 Å². The van der Waals surface area contributed by atoms with Crippen LogP contribution in [-0.2, 0) is 11.8 Å². The van der Waals surface area contributed by atoms with Crippen LogP contribution in [0, 0.1) is 23.7 Å². The molecule has 1 N–H and O–H groups in total. The van der Waals surface area contributed by atoms with E-state index in [0.29, 0.717) is 42.7 Å². The van der Waals surface area contributed by atoms with Crippen molar-refractivity contribution in [3.05, 3.63) is 23.6 Å². The molecule has 2 aromatic rings. The second-order valence-electron chi connectivity index (χ2n) is 7.55. The Morgan fingerprint density at radius 2 is 2.36 bits per heavy atom. The number of rotatable bonds is 4. The number of nitrogens with one attached hydrogen (secondary N) is 1. The van der Waals surface area contributed by atoms with Gasteiger partial charge in [0.1, 0.15) is 5.02 Å². The predicted octanol–water partition coefficient (Wildman–Crippen LogP) is 1.92. The molecule has 146 valence electrons. The van der Waals surface area contributed by atoms with Crippen LogP contribution in [0.4, 0.5) is 17.5 Å². The normalized spacial score (nSPS) is 25.6. The Morgan fingerprint density at radius 3 is 3.07 bits per heavy atom. The highest BCUT2D eigenvalue weighted by Crippen LogP contribution is 2.44. The van der Waals surface area contributed by atoms with Crippen LogP contribution in [0.3, 0.4) is 0 Å². The zero-order chi connectivity index (χ0) is 22.4. The second-order valence-corrected chi connectivity index (χ2v) is 7.96. The lowest BCUT2D eigenvalue weighted by Gasteiger charge is -2.26. The number of hydrogen-bond donors (Lipinski definition) is 1. The Hall–Kier alpha value is -2.79. The van der Waals surface area contributed by atoms with Gasteiger partial charge in [0.15, 0.2) is 5.82 Å². The van der Waals surface area contributed by atoms with Crippen LogP contribution in [0.2, 0.25) is 5.02 Å². The molecule has 0 spiro atoms. The van der Waals surface area contributed by atoms with Crippen molar-refractivity contribution in [2.75, 3.05) is 36.4 Å². The van der Waals surface area contributed by atoms with E-state index < -0.39 is 6.98 Å². The third kappa shape index (κ3) is 3.38. The maximum absolute atomic E-state index is 12.2. The molecule has 2 atom stereocenters. The van der Waals surface area contributed by atoms with Crippen LogP contribution in [0.25, 0.3) is 0 Å². The Bertz CT molecular complexity index is 1050. The predicted molar refractivity (Wildman–Crippen MR) is 107 cm³/mol. The van der Waals surface area contributed by atoms with E-state index in [1.165, 1.54) is 18.6 Å². The molecule has 2 fully saturated rings. The summed E-state index contributed by atoms with van der Waals surface area (Å²) >= 11 is 6.39. The van der Waals surface area contributed by atoms with Crippen molar-refractivity contribution in [3.8, 4) is 12.3 Å². The minimum absolute atomic E-state index is 0.00571. The summed E-state index contributed by atoms with van der Waals surface area (Å²) in [6, 6.07) is 0. The molecule has 2 aromatic heterocycles. The van der Waals surface area contributed by atoms with Gasteiger partial charge in [0.05, 0.1) is 24.5 Å². The Labute approximate surface area is 173 Å². The van der Waals surface area contributed by atoms with E-state index in [0.717, 1.165) is 4.68 Å². The second kappa shape index (κ2) is 6.99. The van der Waals surface area contributed by atoms with Gasteiger partial charge in [-0.1, -0.05) is 24.4 Å². The highest BCUT2D eigenvalue weighted by molar-refractivity contribution is 6.32. The smallest absolute Gasteiger partial charge is 0.234 e. The SMILES string of the molecule is [2H]C([2H])([2H])n1cc(Nc2ncc(Cl)c(N3C[C@@H]4CN(C(=O)CC#C)C[C@]4(C)C3)n2)cn1. The quantitative estimate of drug-likeness (QED) is 0.787. The molecule has 1 amide bonds. The van der Waals surface area contributed by atoms with E-state index in [-0.39, 0.29) is 29.6 Å². The molecule has 9 heteroatoms. The van der Waals surface area contributed by atoms with Crippen molar-refractivity contribution in [2.45, 2.75) is 13.3 Å². The number of hydrogen-bond acceptors (Lipinski definition) is 6. The molecule has 0 unspecified atom stereocenters. The third-order valence-corrected chi connectivity index (χ3v) is 5.71. The van der Waals surface area contributed by atoms with Crippen molar-refractivity contribution in [2.24, 2.45) is 18.3 Å². The maximum atomic E-state index is 12.2. The fourth-order valence-corrected chi connectivity index (χ4v) is 4.26. The fraction of sp³-hybridized carbons (Fsp3) is 0.474. The number of amides is 1. The molecule has 2 aliphatic heterocycles. The monoisotopic (exact) mass is 402 g/mol. The van der Waals surface area contributed by atoms with Crippen molar-refractivity contribution in [1.29, 1.82) is 0 Å². The maximum Gasteiger partial charge on any atom is 0.234 e. The summed E-state index contributed by atoms with van der Waals surface area (Å²) in [5.74, 6) is 3.59. The highest BCUT2D eigenvalue weighted by atomic mass is 35.5.